The van der Waals surface area contributed by atoms with Crippen molar-refractivity contribution < 1.29 is 13.5 Å². The molecule has 1 aromatic carbocycles. The lowest BCUT2D eigenvalue weighted by Gasteiger charge is -2.26. The van der Waals surface area contributed by atoms with Gasteiger partial charge in [-0.25, -0.2) is 8.78 Å². The Hall–Kier alpha value is -0.770. The van der Waals surface area contributed by atoms with E-state index in [0.29, 0.717) is 6.61 Å². The lowest BCUT2D eigenvalue weighted by Crippen LogP contribution is -2.27. The molecule has 0 bridgehead atoms. The smallest absolute Gasteiger partial charge is 0.165 e. The van der Waals surface area contributed by atoms with Crippen molar-refractivity contribution in [2.45, 2.75) is 25.7 Å². The molecule has 0 saturated heterocycles. The Morgan fingerprint density at radius 3 is 2.59 bits per heavy atom. The van der Waals surface area contributed by atoms with Crippen LogP contribution in [-0.2, 0) is 0 Å². The van der Waals surface area contributed by atoms with E-state index in [0.717, 1.165) is 49.6 Å². The Labute approximate surface area is 106 Å². The van der Waals surface area contributed by atoms with E-state index >= 15 is 0 Å². The third-order valence-corrected chi connectivity index (χ3v) is 4.10. The van der Waals surface area contributed by atoms with Gasteiger partial charge in [0.25, 0.3) is 0 Å². The van der Waals surface area contributed by atoms with Crippen LogP contribution in [0.2, 0.25) is 0 Å². The molecule has 1 aromatic rings. The van der Waals surface area contributed by atoms with Gasteiger partial charge in [0.2, 0.25) is 0 Å². The molecule has 1 aliphatic rings. The van der Waals surface area contributed by atoms with Gasteiger partial charge < -0.3 is 4.74 Å². The van der Waals surface area contributed by atoms with Gasteiger partial charge in [-0.2, -0.15) is 12.6 Å². The number of thiol groups is 1. The van der Waals surface area contributed by atoms with Crippen LogP contribution in [0.25, 0.3) is 0 Å². The van der Waals surface area contributed by atoms with E-state index in [9.17, 15) is 8.78 Å². The predicted molar refractivity (Wildman–Crippen MR) is 66.6 cm³/mol. The highest BCUT2D eigenvalue weighted by Crippen LogP contribution is 2.39. The van der Waals surface area contributed by atoms with Crippen LogP contribution in [0.15, 0.2) is 18.2 Å². The van der Waals surface area contributed by atoms with Crippen LogP contribution in [0, 0.1) is 17.0 Å². The standard InChI is InChI=1S/C13H16F2OS/c14-10-3-4-11(15)12(7-10)16-8-13(9-17)5-1-2-6-13/h3-4,7,17H,1-2,5-6,8-9H2. The third-order valence-electron chi connectivity index (χ3n) is 3.43. The molecule has 4 heteroatoms. The minimum Gasteiger partial charge on any atom is -0.490 e. The second-order valence-electron chi connectivity index (χ2n) is 4.73. The number of hydrogen-bond acceptors (Lipinski definition) is 2. The van der Waals surface area contributed by atoms with Crippen LogP contribution in [-0.4, -0.2) is 12.4 Å². The highest BCUT2D eigenvalue weighted by atomic mass is 32.1. The molecule has 2 rings (SSSR count). The fourth-order valence-corrected chi connectivity index (χ4v) is 2.70. The van der Waals surface area contributed by atoms with Crippen molar-refractivity contribution in [3.63, 3.8) is 0 Å². The van der Waals surface area contributed by atoms with Crippen molar-refractivity contribution in [3.05, 3.63) is 29.8 Å². The summed E-state index contributed by atoms with van der Waals surface area (Å²) in [6.07, 6.45) is 4.42. The minimum absolute atomic E-state index is 0.00180. The fraction of sp³-hybridized carbons (Fsp3) is 0.538. The van der Waals surface area contributed by atoms with Crippen molar-refractivity contribution in [3.8, 4) is 5.75 Å². The molecule has 0 radical (unpaired) electrons. The quantitative estimate of drug-likeness (QED) is 0.807. The molecule has 0 spiro atoms. The second-order valence-corrected chi connectivity index (χ2v) is 5.04. The molecule has 1 saturated carbocycles. The van der Waals surface area contributed by atoms with Gasteiger partial charge in [-0.1, -0.05) is 12.8 Å². The largest absolute Gasteiger partial charge is 0.490 e. The Bertz CT molecular complexity index is 389. The topological polar surface area (TPSA) is 9.23 Å². The van der Waals surface area contributed by atoms with Gasteiger partial charge in [0, 0.05) is 11.5 Å². The van der Waals surface area contributed by atoms with Gasteiger partial charge in [0.1, 0.15) is 5.82 Å². The summed E-state index contributed by atoms with van der Waals surface area (Å²) < 4.78 is 31.8. The van der Waals surface area contributed by atoms with Gasteiger partial charge in [-0.15, -0.1) is 0 Å². The van der Waals surface area contributed by atoms with Gasteiger partial charge in [0.05, 0.1) is 6.61 Å². The molecule has 1 nitrogen and oxygen atoms in total. The van der Waals surface area contributed by atoms with Crippen molar-refractivity contribution in [2.24, 2.45) is 5.41 Å². The Balaban J connectivity index is 2.03. The number of benzene rings is 1. The molecule has 0 heterocycles. The monoisotopic (exact) mass is 258 g/mol. The van der Waals surface area contributed by atoms with Crippen LogP contribution in [0.3, 0.4) is 0 Å². The second kappa shape index (κ2) is 5.25. The first-order valence-corrected chi connectivity index (χ1v) is 6.47. The lowest BCUT2D eigenvalue weighted by atomic mass is 9.90. The van der Waals surface area contributed by atoms with E-state index in [2.05, 4.69) is 12.6 Å². The maximum atomic E-state index is 13.4. The normalized spacial score (nSPS) is 18.3. The maximum Gasteiger partial charge on any atom is 0.165 e. The maximum absolute atomic E-state index is 13.4. The Morgan fingerprint density at radius 1 is 1.24 bits per heavy atom. The van der Waals surface area contributed by atoms with Crippen molar-refractivity contribution >= 4 is 12.6 Å². The van der Waals surface area contributed by atoms with Crippen LogP contribution in [0.5, 0.6) is 5.75 Å². The van der Waals surface area contributed by atoms with E-state index in [-0.39, 0.29) is 11.2 Å². The molecule has 0 N–H and O–H groups in total. The molecular weight excluding hydrogens is 242 g/mol. The molecule has 0 aliphatic heterocycles. The van der Waals surface area contributed by atoms with Gasteiger partial charge >= 0.3 is 0 Å². The summed E-state index contributed by atoms with van der Waals surface area (Å²) in [6.45, 7) is 0.414. The highest BCUT2D eigenvalue weighted by molar-refractivity contribution is 7.80. The minimum atomic E-state index is -0.515. The van der Waals surface area contributed by atoms with Crippen LogP contribution >= 0.6 is 12.6 Å². The third kappa shape index (κ3) is 2.92. The van der Waals surface area contributed by atoms with E-state index in [1.165, 1.54) is 0 Å². The summed E-state index contributed by atoms with van der Waals surface area (Å²) in [5.41, 5.74) is 0.0296. The molecule has 17 heavy (non-hydrogen) atoms. The van der Waals surface area contributed by atoms with Crippen molar-refractivity contribution in [1.29, 1.82) is 0 Å². The Kier molecular flexibility index (Phi) is 3.92. The van der Waals surface area contributed by atoms with E-state index < -0.39 is 11.6 Å². The van der Waals surface area contributed by atoms with Gasteiger partial charge in [0.15, 0.2) is 11.6 Å². The first kappa shape index (κ1) is 12.7. The average molecular weight is 258 g/mol. The van der Waals surface area contributed by atoms with Crippen LogP contribution in [0.4, 0.5) is 8.78 Å². The lowest BCUT2D eigenvalue weighted by molar-refractivity contribution is 0.167. The molecule has 94 valence electrons. The number of rotatable bonds is 4. The van der Waals surface area contributed by atoms with Gasteiger partial charge in [-0.05, 0) is 30.7 Å². The first-order chi connectivity index (χ1) is 8.15. The number of ether oxygens (including phenoxy) is 1. The number of halogens is 2. The van der Waals surface area contributed by atoms with Crippen LogP contribution < -0.4 is 4.74 Å². The van der Waals surface area contributed by atoms with Gasteiger partial charge in [-0.3, -0.25) is 0 Å². The summed E-state index contributed by atoms with van der Waals surface area (Å²) in [6, 6.07) is 3.27. The average Bonchev–Trinajstić information content (AvgIpc) is 2.80. The summed E-state index contributed by atoms with van der Waals surface area (Å²) in [7, 11) is 0. The first-order valence-electron chi connectivity index (χ1n) is 5.84. The molecule has 1 fully saturated rings. The zero-order valence-electron chi connectivity index (χ0n) is 9.59. The number of hydrogen-bond donors (Lipinski definition) is 1. The zero-order chi connectivity index (χ0) is 12.3. The summed E-state index contributed by atoms with van der Waals surface area (Å²) in [4.78, 5) is 0. The van der Waals surface area contributed by atoms with Crippen molar-refractivity contribution in [2.75, 3.05) is 12.4 Å². The zero-order valence-corrected chi connectivity index (χ0v) is 10.5. The van der Waals surface area contributed by atoms with Crippen molar-refractivity contribution in [1.82, 2.24) is 0 Å². The molecule has 0 unspecified atom stereocenters. The van der Waals surface area contributed by atoms with E-state index in [4.69, 9.17) is 4.74 Å². The molecule has 0 amide bonds. The SMILES string of the molecule is Fc1ccc(F)c(OCC2(CS)CCCC2)c1. The predicted octanol–water partition coefficient (Wildman–Crippen LogP) is 3.83. The van der Waals surface area contributed by atoms with E-state index in [1.54, 1.807) is 0 Å². The fourth-order valence-electron chi connectivity index (χ4n) is 2.29. The molecule has 1 aliphatic carbocycles. The molecule has 0 aromatic heterocycles. The molecule has 0 atom stereocenters. The Morgan fingerprint density at radius 2 is 1.94 bits per heavy atom. The summed E-state index contributed by atoms with van der Waals surface area (Å²) >= 11 is 4.35. The summed E-state index contributed by atoms with van der Waals surface area (Å²) in [5.74, 6) is -0.270. The van der Waals surface area contributed by atoms with Crippen LogP contribution in [0.1, 0.15) is 25.7 Å². The summed E-state index contributed by atoms with van der Waals surface area (Å²) in [5, 5.41) is 0. The van der Waals surface area contributed by atoms with E-state index in [1.807, 2.05) is 0 Å². The molecular formula is C13H16F2OS. The highest BCUT2D eigenvalue weighted by Gasteiger charge is 2.33.